The lowest BCUT2D eigenvalue weighted by atomic mass is 10.0. The van der Waals surface area contributed by atoms with E-state index < -0.39 is 10.0 Å². The van der Waals surface area contributed by atoms with Gasteiger partial charge in [-0.25, -0.2) is 8.42 Å². The zero-order chi connectivity index (χ0) is 18.9. The molecule has 1 saturated heterocycles. The molecule has 0 radical (unpaired) electrons. The molecule has 1 fully saturated rings. The van der Waals surface area contributed by atoms with Gasteiger partial charge in [-0.3, -0.25) is 4.98 Å². The van der Waals surface area contributed by atoms with Crippen LogP contribution in [-0.2, 0) is 10.0 Å². The molecule has 0 saturated carbocycles. The van der Waals surface area contributed by atoms with E-state index in [1.807, 2.05) is 30.3 Å². The highest BCUT2D eigenvalue weighted by molar-refractivity contribution is 7.89. The summed E-state index contributed by atoms with van der Waals surface area (Å²) < 4.78 is 33.9. The molecule has 0 aliphatic carbocycles. The molecular weight excluding hydrogens is 362 g/mol. The molecule has 6 nitrogen and oxygen atoms in total. The predicted molar refractivity (Wildman–Crippen MR) is 104 cm³/mol. The molecular formula is C20H21N3O3S. The minimum Gasteiger partial charge on any atom is -0.496 e. The van der Waals surface area contributed by atoms with Gasteiger partial charge in [-0.1, -0.05) is 24.3 Å². The molecule has 1 aromatic heterocycles. The van der Waals surface area contributed by atoms with Crippen LogP contribution < -0.4 is 10.1 Å². The fourth-order valence-corrected chi connectivity index (χ4v) is 5.17. The standard InChI is InChI=1S/C20H21N3O3S/c1-26-20-7-3-2-6-17(20)19-14-21-11-12-23(19)27(24,25)16-8-9-18-15(13-16)5-4-10-22-18/h2-10,13,19,21H,11-12,14H2,1H3. The number of para-hydroxylation sites is 1. The summed E-state index contributed by atoms with van der Waals surface area (Å²) in [6.07, 6.45) is 1.70. The highest BCUT2D eigenvalue weighted by atomic mass is 32.2. The molecule has 4 rings (SSSR count). The quantitative estimate of drug-likeness (QED) is 0.750. The molecule has 0 amide bonds. The summed E-state index contributed by atoms with van der Waals surface area (Å²) in [6.45, 7) is 1.55. The van der Waals surface area contributed by atoms with Gasteiger partial charge in [0, 0.05) is 36.8 Å². The van der Waals surface area contributed by atoms with Gasteiger partial charge in [0.15, 0.2) is 0 Å². The Morgan fingerprint density at radius 3 is 2.85 bits per heavy atom. The van der Waals surface area contributed by atoms with Crippen molar-refractivity contribution in [1.29, 1.82) is 0 Å². The van der Waals surface area contributed by atoms with Crippen LogP contribution in [0.2, 0.25) is 0 Å². The van der Waals surface area contributed by atoms with Crippen molar-refractivity contribution in [2.75, 3.05) is 26.7 Å². The average Bonchev–Trinajstić information content (AvgIpc) is 2.73. The number of benzene rings is 2. The number of sulfonamides is 1. The summed E-state index contributed by atoms with van der Waals surface area (Å²) in [5, 5.41) is 4.10. The van der Waals surface area contributed by atoms with Crippen LogP contribution in [-0.4, -0.2) is 44.5 Å². The number of aromatic nitrogens is 1. The Kier molecular flexibility index (Phi) is 4.82. The fourth-order valence-electron chi connectivity index (χ4n) is 3.53. The first kappa shape index (κ1) is 17.9. The van der Waals surface area contributed by atoms with Gasteiger partial charge in [-0.15, -0.1) is 0 Å². The number of methoxy groups -OCH3 is 1. The van der Waals surface area contributed by atoms with Crippen LogP contribution in [0.25, 0.3) is 10.9 Å². The number of rotatable bonds is 4. The third-order valence-corrected chi connectivity index (χ3v) is 6.78. The van der Waals surface area contributed by atoms with E-state index in [1.54, 1.807) is 41.9 Å². The number of nitrogens with one attached hydrogen (secondary N) is 1. The highest BCUT2D eigenvalue weighted by Crippen LogP contribution is 2.34. The summed E-state index contributed by atoms with van der Waals surface area (Å²) in [5.41, 5.74) is 1.64. The molecule has 2 aromatic carbocycles. The second-order valence-corrected chi connectivity index (χ2v) is 8.33. The van der Waals surface area contributed by atoms with Gasteiger partial charge >= 0.3 is 0 Å². The van der Waals surface area contributed by atoms with E-state index in [2.05, 4.69) is 10.3 Å². The smallest absolute Gasteiger partial charge is 0.243 e. The Morgan fingerprint density at radius 1 is 1.15 bits per heavy atom. The molecule has 1 aliphatic heterocycles. The van der Waals surface area contributed by atoms with Gasteiger partial charge in [0.1, 0.15) is 5.75 Å². The molecule has 1 N–H and O–H groups in total. The number of hydrogen-bond donors (Lipinski definition) is 1. The summed E-state index contributed by atoms with van der Waals surface area (Å²) in [4.78, 5) is 4.55. The minimum absolute atomic E-state index is 0.282. The van der Waals surface area contributed by atoms with Crippen molar-refractivity contribution in [3.05, 3.63) is 66.4 Å². The normalized spacial score (nSPS) is 18.5. The lowest BCUT2D eigenvalue weighted by Crippen LogP contribution is -2.48. The molecule has 1 unspecified atom stereocenters. The van der Waals surface area contributed by atoms with Crippen molar-refractivity contribution >= 4 is 20.9 Å². The number of fused-ring (bicyclic) bond motifs is 1. The topological polar surface area (TPSA) is 71.5 Å². The SMILES string of the molecule is COc1ccccc1C1CNCCN1S(=O)(=O)c1ccc2ncccc2c1. The van der Waals surface area contributed by atoms with E-state index in [0.29, 0.717) is 25.4 Å². The Labute approximate surface area is 158 Å². The second kappa shape index (κ2) is 7.26. The van der Waals surface area contributed by atoms with Crippen LogP contribution >= 0.6 is 0 Å². The highest BCUT2D eigenvalue weighted by Gasteiger charge is 2.35. The van der Waals surface area contributed by atoms with Crippen LogP contribution in [0.3, 0.4) is 0 Å². The molecule has 27 heavy (non-hydrogen) atoms. The summed E-state index contributed by atoms with van der Waals surface area (Å²) >= 11 is 0. The predicted octanol–water partition coefficient (Wildman–Crippen LogP) is 2.58. The first-order valence-corrected chi connectivity index (χ1v) is 10.3. The Bertz CT molecular complexity index is 1070. The summed E-state index contributed by atoms with van der Waals surface area (Å²) in [6, 6.07) is 16.0. The zero-order valence-corrected chi connectivity index (χ0v) is 15.8. The van der Waals surface area contributed by atoms with E-state index in [-0.39, 0.29) is 10.9 Å². The van der Waals surface area contributed by atoms with Crippen molar-refractivity contribution in [2.45, 2.75) is 10.9 Å². The summed E-state index contributed by atoms with van der Waals surface area (Å²) in [7, 11) is -2.06. The molecule has 3 aromatic rings. The molecule has 2 heterocycles. The zero-order valence-electron chi connectivity index (χ0n) is 15.0. The van der Waals surface area contributed by atoms with Crippen molar-refractivity contribution < 1.29 is 13.2 Å². The fraction of sp³-hybridized carbons (Fsp3) is 0.250. The Morgan fingerprint density at radius 2 is 2.00 bits per heavy atom. The number of piperazine rings is 1. The van der Waals surface area contributed by atoms with Gasteiger partial charge in [0.05, 0.1) is 23.6 Å². The maximum atomic E-state index is 13.5. The van der Waals surface area contributed by atoms with E-state index in [9.17, 15) is 8.42 Å². The lowest BCUT2D eigenvalue weighted by molar-refractivity contribution is 0.264. The first-order valence-electron chi connectivity index (χ1n) is 8.81. The third kappa shape index (κ3) is 3.29. The third-order valence-electron chi connectivity index (χ3n) is 4.87. The maximum absolute atomic E-state index is 13.5. The van der Waals surface area contributed by atoms with Crippen LogP contribution in [0.4, 0.5) is 0 Å². The van der Waals surface area contributed by atoms with Gasteiger partial charge in [0.25, 0.3) is 0 Å². The largest absolute Gasteiger partial charge is 0.496 e. The summed E-state index contributed by atoms with van der Waals surface area (Å²) in [5.74, 6) is 0.689. The van der Waals surface area contributed by atoms with Crippen LogP contribution in [0.1, 0.15) is 11.6 Å². The number of hydrogen-bond acceptors (Lipinski definition) is 5. The van der Waals surface area contributed by atoms with E-state index >= 15 is 0 Å². The van der Waals surface area contributed by atoms with Crippen LogP contribution in [0.5, 0.6) is 5.75 Å². The van der Waals surface area contributed by atoms with E-state index in [0.717, 1.165) is 16.5 Å². The van der Waals surface area contributed by atoms with Crippen molar-refractivity contribution in [3.8, 4) is 5.75 Å². The maximum Gasteiger partial charge on any atom is 0.243 e. The number of pyridine rings is 1. The van der Waals surface area contributed by atoms with E-state index in [4.69, 9.17) is 4.74 Å². The molecule has 0 spiro atoms. The van der Waals surface area contributed by atoms with Gasteiger partial charge in [-0.2, -0.15) is 4.31 Å². The lowest BCUT2D eigenvalue weighted by Gasteiger charge is -2.36. The minimum atomic E-state index is -3.67. The monoisotopic (exact) mass is 383 g/mol. The van der Waals surface area contributed by atoms with Crippen molar-refractivity contribution in [2.24, 2.45) is 0 Å². The number of nitrogens with zero attached hydrogens (tertiary/aromatic N) is 2. The first-order chi connectivity index (χ1) is 13.1. The Balaban J connectivity index is 1.77. The van der Waals surface area contributed by atoms with Crippen molar-refractivity contribution in [1.82, 2.24) is 14.6 Å². The number of ether oxygens (including phenoxy) is 1. The van der Waals surface area contributed by atoms with Crippen LogP contribution in [0.15, 0.2) is 65.7 Å². The van der Waals surface area contributed by atoms with Crippen molar-refractivity contribution in [3.63, 3.8) is 0 Å². The van der Waals surface area contributed by atoms with Gasteiger partial charge in [0.2, 0.25) is 10.0 Å². The van der Waals surface area contributed by atoms with E-state index in [1.165, 1.54) is 0 Å². The molecule has 140 valence electrons. The average molecular weight is 383 g/mol. The Hall–Kier alpha value is -2.48. The second-order valence-electron chi connectivity index (χ2n) is 6.44. The molecule has 1 aliphatic rings. The van der Waals surface area contributed by atoms with Gasteiger partial charge < -0.3 is 10.1 Å². The molecule has 0 bridgehead atoms. The molecule has 1 atom stereocenters. The van der Waals surface area contributed by atoms with Crippen LogP contribution in [0, 0.1) is 0 Å². The van der Waals surface area contributed by atoms with Gasteiger partial charge in [-0.05, 0) is 30.3 Å². The molecule has 7 heteroatoms.